The van der Waals surface area contributed by atoms with Crippen molar-refractivity contribution in [2.75, 3.05) is 13.1 Å². The summed E-state index contributed by atoms with van der Waals surface area (Å²) < 4.78 is 5.28. The van der Waals surface area contributed by atoms with E-state index in [1.165, 1.54) is 0 Å². The molecule has 0 aromatic carbocycles. The molecule has 0 spiro atoms. The van der Waals surface area contributed by atoms with Crippen LogP contribution >= 0.6 is 0 Å². The van der Waals surface area contributed by atoms with Crippen molar-refractivity contribution in [1.29, 1.82) is 0 Å². The molecule has 2 heterocycles. The maximum Gasteiger partial charge on any atom is 0.332 e. The molecule has 5 nitrogen and oxygen atoms in total. The largest absolute Gasteiger partial charge is 0.479 e. The average molecular weight is 241 g/mol. The van der Waals surface area contributed by atoms with E-state index in [0.29, 0.717) is 18.8 Å². The van der Waals surface area contributed by atoms with Gasteiger partial charge in [-0.1, -0.05) is 6.92 Å². The number of likely N-dealkylation sites (tertiary alicyclic amines) is 1. The second-order valence-corrected chi connectivity index (χ2v) is 5.06. The van der Waals surface area contributed by atoms with Gasteiger partial charge in [0.25, 0.3) is 5.91 Å². The van der Waals surface area contributed by atoms with Gasteiger partial charge in [0, 0.05) is 13.1 Å². The predicted molar refractivity (Wildman–Crippen MR) is 60.5 cm³/mol. The highest BCUT2D eigenvalue weighted by molar-refractivity contribution is 5.82. The Bertz CT molecular complexity index is 318. The average Bonchev–Trinajstić information content (AvgIpc) is 2.77. The zero-order valence-corrected chi connectivity index (χ0v) is 10.1. The summed E-state index contributed by atoms with van der Waals surface area (Å²) in [5.41, 5.74) is 0. The highest BCUT2D eigenvalue weighted by Crippen LogP contribution is 2.24. The van der Waals surface area contributed by atoms with Crippen LogP contribution in [0.4, 0.5) is 0 Å². The first-order valence-corrected chi connectivity index (χ1v) is 6.25. The summed E-state index contributed by atoms with van der Waals surface area (Å²) in [6.07, 6.45) is 1.82. The Morgan fingerprint density at radius 3 is 2.53 bits per heavy atom. The molecule has 0 aromatic rings. The van der Waals surface area contributed by atoms with Gasteiger partial charge < -0.3 is 14.7 Å². The summed E-state index contributed by atoms with van der Waals surface area (Å²) in [6.45, 7) is 3.69. The number of hydrogen-bond donors (Lipinski definition) is 1. The molecule has 5 heteroatoms. The highest BCUT2D eigenvalue weighted by atomic mass is 16.5. The Balaban J connectivity index is 1.90. The Hall–Kier alpha value is -1.10. The lowest BCUT2D eigenvalue weighted by Crippen LogP contribution is -2.44. The molecule has 1 amide bonds. The number of piperidine rings is 1. The third-order valence-electron chi connectivity index (χ3n) is 3.54. The fourth-order valence-corrected chi connectivity index (χ4v) is 2.59. The molecule has 0 aromatic heterocycles. The van der Waals surface area contributed by atoms with E-state index >= 15 is 0 Å². The summed E-state index contributed by atoms with van der Waals surface area (Å²) in [5, 5.41) is 8.82. The van der Waals surface area contributed by atoms with Gasteiger partial charge >= 0.3 is 5.97 Å². The summed E-state index contributed by atoms with van der Waals surface area (Å²) >= 11 is 0. The van der Waals surface area contributed by atoms with Crippen LogP contribution in [-0.4, -0.2) is 47.2 Å². The van der Waals surface area contributed by atoms with Crippen molar-refractivity contribution in [3.05, 3.63) is 0 Å². The van der Waals surface area contributed by atoms with E-state index < -0.39 is 18.2 Å². The Labute approximate surface area is 101 Å². The Morgan fingerprint density at radius 2 is 1.94 bits per heavy atom. The maximum absolute atomic E-state index is 12.1. The first-order valence-electron chi connectivity index (χ1n) is 6.25. The molecule has 1 N–H and O–H groups in total. The smallest absolute Gasteiger partial charge is 0.332 e. The van der Waals surface area contributed by atoms with Gasteiger partial charge in [0.15, 0.2) is 6.10 Å². The number of aliphatic carboxylic acids is 1. The second kappa shape index (κ2) is 5.04. The molecular weight excluding hydrogens is 222 g/mol. The van der Waals surface area contributed by atoms with E-state index in [0.717, 1.165) is 25.9 Å². The van der Waals surface area contributed by atoms with Crippen LogP contribution in [0.3, 0.4) is 0 Å². The molecule has 2 aliphatic rings. The number of carboxylic acid groups (broad SMARTS) is 1. The van der Waals surface area contributed by atoms with E-state index in [-0.39, 0.29) is 5.91 Å². The summed E-state index contributed by atoms with van der Waals surface area (Å²) in [7, 11) is 0. The molecule has 2 aliphatic heterocycles. The van der Waals surface area contributed by atoms with Gasteiger partial charge in [-0.25, -0.2) is 4.79 Å². The van der Waals surface area contributed by atoms with Gasteiger partial charge in [-0.15, -0.1) is 0 Å². The highest BCUT2D eigenvalue weighted by Gasteiger charge is 2.37. The van der Waals surface area contributed by atoms with Gasteiger partial charge in [-0.2, -0.15) is 0 Å². The summed E-state index contributed by atoms with van der Waals surface area (Å²) in [5.74, 6) is -0.461. The number of carbonyl (C=O) groups excluding carboxylic acids is 1. The molecule has 1 unspecified atom stereocenters. The topological polar surface area (TPSA) is 66.8 Å². The van der Waals surface area contributed by atoms with Crippen LogP contribution in [0.5, 0.6) is 0 Å². The number of carbonyl (C=O) groups is 2. The quantitative estimate of drug-likeness (QED) is 0.779. The lowest BCUT2D eigenvalue weighted by atomic mass is 9.99. The normalized spacial score (nSPS) is 33.7. The fraction of sp³-hybridized carbons (Fsp3) is 0.833. The fourth-order valence-electron chi connectivity index (χ4n) is 2.59. The maximum atomic E-state index is 12.1. The van der Waals surface area contributed by atoms with Crippen molar-refractivity contribution in [2.24, 2.45) is 5.92 Å². The van der Waals surface area contributed by atoms with Gasteiger partial charge in [-0.05, 0) is 31.6 Å². The van der Waals surface area contributed by atoms with Gasteiger partial charge in [0.05, 0.1) is 0 Å². The second-order valence-electron chi connectivity index (χ2n) is 5.06. The first-order chi connectivity index (χ1) is 8.08. The third kappa shape index (κ3) is 2.77. The predicted octanol–water partition coefficient (Wildman–Crippen LogP) is 0.877. The number of amides is 1. The van der Waals surface area contributed by atoms with Gasteiger partial charge in [0.2, 0.25) is 0 Å². The van der Waals surface area contributed by atoms with Crippen molar-refractivity contribution in [1.82, 2.24) is 4.90 Å². The molecule has 0 saturated carbocycles. The van der Waals surface area contributed by atoms with E-state index in [9.17, 15) is 9.59 Å². The summed E-state index contributed by atoms with van der Waals surface area (Å²) in [6, 6.07) is 0. The minimum Gasteiger partial charge on any atom is -0.479 e. The third-order valence-corrected chi connectivity index (χ3v) is 3.54. The molecule has 2 saturated heterocycles. The number of rotatable bonds is 2. The van der Waals surface area contributed by atoms with Crippen LogP contribution in [0.1, 0.15) is 32.6 Å². The van der Waals surface area contributed by atoms with E-state index in [1.807, 2.05) is 4.90 Å². The van der Waals surface area contributed by atoms with Crippen molar-refractivity contribution >= 4 is 11.9 Å². The summed E-state index contributed by atoms with van der Waals surface area (Å²) in [4.78, 5) is 24.7. The molecule has 3 atom stereocenters. The van der Waals surface area contributed by atoms with Crippen LogP contribution in [0, 0.1) is 5.92 Å². The SMILES string of the molecule is CC1CCCN(C(=O)[C@@H]2CC[C@H](C(=O)O)O2)C1. The Morgan fingerprint density at radius 1 is 1.24 bits per heavy atom. The number of carboxylic acids is 1. The molecule has 0 radical (unpaired) electrons. The monoisotopic (exact) mass is 241 g/mol. The van der Waals surface area contributed by atoms with Crippen LogP contribution in [0.2, 0.25) is 0 Å². The van der Waals surface area contributed by atoms with E-state index in [1.54, 1.807) is 0 Å². The molecule has 0 bridgehead atoms. The molecule has 17 heavy (non-hydrogen) atoms. The molecule has 2 fully saturated rings. The Kier molecular flexibility index (Phi) is 3.66. The van der Waals surface area contributed by atoms with Crippen LogP contribution in [0.15, 0.2) is 0 Å². The zero-order valence-electron chi connectivity index (χ0n) is 10.1. The minimum absolute atomic E-state index is 0.0275. The van der Waals surface area contributed by atoms with E-state index in [2.05, 4.69) is 6.92 Å². The van der Waals surface area contributed by atoms with Gasteiger partial charge in [0.1, 0.15) is 6.10 Å². The standard InChI is InChI=1S/C12H19NO4/c1-8-3-2-6-13(7-8)11(14)9-4-5-10(17-9)12(15)16/h8-10H,2-7H2,1H3,(H,15,16)/t8?,9-,10+/m0/s1. The van der Waals surface area contributed by atoms with Crippen LogP contribution in [0.25, 0.3) is 0 Å². The molecular formula is C12H19NO4. The van der Waals surface area contributed by atoms with Crippen molar-refractivity contribution in [2.45, 2.75) is 44.8 Å². The molecule has 0 aliphatic carbocycles. The van der Waals surface area contributed by atoms with E-state index in [4.69, 9.17) is 9.84 Å². The number of ether oxygens (including phenoxy) is 1. The van der Waals surface area contributed by atoms with Gasteiger partial charge in [-0.3, -0.25) is 4.79 Å². The van der Waals surface area contributed by atoms with Crippen LogP contribution in [-0.2, 0) is 14.3 Å². The van der Waals surface area contributed by atoms with Crippen molar-refractivity contribution < 1.29 is 19.4 Å². The van der Waals surface area contributed by atoms with Crippen LogP contribution < -0.4 is 0 Å². The number of nitrogens with zero attached hydrogens (tertiary/aromatic N) is 1. The minimum atomic E-state index is -0.965. The number of hydrogen-bond acceptors (Lipinski definition) is 3. The molecule has 2 rings (SSSR count). The van der Waals surface area contributed by atoms with Crippen molar-refractivity contribution in [3.63, 3.8) is 0 Å². The first kappa shape index (κ1) is 12.4. The molecule has 96 valence electrons. The lowest BCUT2D eigenvalue weighted by molar-refractivity contribution is -0.155. The zero-order chi connectivity index (χ0) is 12.4. The lowest BCUT2D eigenvalue weighted by Gasteiger charge is -2.32. The van der Waals surface area contributed by atoms with Crippen molar-refractivity contribution in [3.8, 4) is 0 Å².